The zero-order valence-electron chi connectivity index (χ0n) is 39.1. The van der Waals surface area contributed by atoms with Crippen molar-refractivity contribution in [1.82, 2.24) is 24.1 Å². The Labute approximate surface area is 428 Å². The maximum Gasteiger partial charge on any atom is 0.166 e. The van der Waals surface area contributed by atoms with Gasteiger partial charge in [0.15, 0.2) is 17.5 Å². The van der Waals surface area contributed by atoms with Gasteiger partial charge in [0.1, 0.15) is 0 Å². The number of anilines is 2. The summed E-state index contributed by atoms with van der Waals surface area (Å²) in [5, 5.41) is 3.46. The van der Waals surface area contributed by atoms with Gasteiger partial charge in [-0.2, -0.15) is 0 Å². The summed E-state index contributed by atoms with van der Waals surface area (Å²) >= 11 is 2.26. The van der Waals surface area contributed by atoms with Crippen LogP contribution in [0.25, 0.3) is 89.9 Å². The van der Waals surface area contributed by atoms with Crippen molar-refractivity contribution in [2.45, 2.75) is 12.8 Å². The molecule has 3 aromatic heterocycles. The fraction of sp³-hybridized carbons (Fsp3) is 0.0469. The molecule has 0 spiro atoms. The van der Waals surface area contributed by atoms with Crippen LogP contribution in [0.2, 0.25) is 0 Å². The van der Waals surface area contributed by atoms with Gasteiger partial charge in [-0.15, -0.1) is 0 Å². The van der Waals surface area contributed by atoms with E-state index in [0.717, 1.165) is 107 Å². The summed E-state index contributed by atoms with van der Waals surface area (Å²) in [6, 6.07) is 50.3. The number of hydrogen-bond acceptors (Lipinski definition) is 4. The van der Waals surface area contributed by atoms with Gasteiger partial charge in [0.05, 0.1) is 27.9 Å². The predicted molar refractivity (Wildman–Crippen MR) is 310 cm³/mol. The van der Waals surface area contributed by atoms with Crippen molar-refractivity contribution >= 4 is 90.0 Å². The lowest BCUT2D eigenvalue weighted by Gasteiger charge is -2.30. The van der Waals surface area contributed by atoms with Crippen LogP contribution in [0.3, 0.4) is 0 Å². The molecule has 2 aliphatic rings. The van der Waals surface area contributed by atoms with Crippen LogP contribution in [0.15, 0.2) is 236 Å². The standard InChI is InChI=1S/C64H49IN6/c1-3-4-5-14-38-60-66-63(46-25-10-6-11-26-46)68-64(67-60)54-33-23-37-59(69-42-21-8-9-24-45(2)51-30-15-17-34-56(51)69)62(54)71-57-35-18-16-31-53(57)61-52(32-22-36-58(61)71)47-39-40-55-48(43-47)44-50(29-19-20-41-65)70(55)49-27-12-7-13-28-49/h3-10,12-25,27-41,43-44H,1-2,11,26,42H2/b5-4-,21-8-,24-9-,29-19-,38-14+,41-20-. The van der Waals surface area contributed by atoms with Gasteiger partial charge in [-0.3, -0.25) is 0 Å². The maximum atomic E-state index is 5.37. The monoisotopic (exact) mass is 1030 g/mol. The number of nitrogens with zero attached hydrogens (tertiary/aromatic N) is 6. The molecule has 1 aliphatic carbocycles. The first kappa shape index (κ1) is 45.1. The highest BCUT2D eigenvalue weighted by Crippen LogP contribution is 2.46. The van der Waals surface area contributed by atoms with E-state index in [1.165, 1.54) is 0 Å². The molecular formula is C64H49IN6. The molecule has 0 saturated carbocycles. The predicted octanol–water partition coefficient (Wildman–Crippen LogP) is 17.0. The second-order valence-corrected chi connectivity index (χ2v) is 18.1. The molecule has 0 amide bonds. The minimum absolute atomic E-state index is 0.574. The first-order valence-electron chi connectivity index (χ1n) is 23.9. The topological polar surface area (TPSA) is 51.8 Å². The highest BCUT2D eigenvalue weighted by atomic mass is 127. The first-order chi connectivity index (χ1) is 35.1. The Morgan fingerprint density at radius 3 is 2.24 bits per heavy atom. The zero-order valence-corrected chi connectivity index (χ0v) is 41.3. The molecule has 0 radical (unpaired) electrons. The Morgan fingerprint density at radius 1 is 0.592 bits per heavy atom. The molecule has 0 bridgehead atoms. The van der Waals surface area contributed by atoms with Crippen LogP contribution < -0.4 is 4.90 Å². The Kier molecular flexibility index (Phi) is 12.9. The third-order valence-corrected chi connectivity index (χ3v) is 13.4. The number of hydrogen-bond donors (Lipinski definition) is 0. The molecule has 0 N–H and O–H groups in total. The normalized spacial score (nSPS) is 15.0. The number of benzene rings is 6. The molecule has 342 valence electrons. The zero-order chi connectivity index (χ0) is 48.1. The van der Waals surface area contributed by atoms with Crippen molar-refractivity contribution in [1.29, 1.82) is 0 Å². The molecule has 9 aromatic rings. The summed E-state index contributed by atoms with van der Waals surface area (Å²) in [7, 11) is 0. The number of aromatic nitrogens is 5. The molecule has 0 saturated heterocycles. The summed E-state index contributed by atoms with van der Waals surface area (Å²) in [5.74, 6) is 1.83. The van der Waals surface area contributed by atoms with Gasteiger partial charge in [-0.25, -0.2) is 15.0 Å². The van der Waals surface area contributed by atoms with Crippen LogP contribution in [0.4, 0.5) is 11.4 Å². The van der Waals surface area contributed by atoms with Crippen LogP contribution in [0.1, 0.15) is 35.7 Å². The SMILES string of the molecule is C=C/C=C\C=C\c1nc(C2=CC=CCC2)nc(-c2cccc(N3C/C=C\C=C/C(=C)c4ccccc43)c2-n2c3ccccc3c3c(-c4ccc5c(c4)cc(/C=C\C=C/I)n5-c4ccccc4)cccc32)n1. The fourth-order valence-electron chi connectivity index (χ4n) is 9.87. The molecule has 7 heteroatoms. The van der Waals surface area contributed by atoms with E-state index in [4.69, 9.17) is 15.0 Å². The summed E-state index contributed by atoms with van der Waals surface area (Å²) < 4.78 is 6.79. The van der Waals surface area contributed by atoms with Gasteiger partial charge in [0, 0.05) is 50.9 Å². The molecule has 71 heavy (non-hydrogen) atoms. The molecule has 4 heterocycles. The molecule has 6 aromatic carbocycles. The minimum atomic E-state index is 0.574. The number of fused-ring (bicyclic) bond motifs is 5. The Hall–Kier alpha value is -8.40. The Balaban J connectivity index is 1.19. The molecule has 6 nitrogen and oxygen atoms in total. The van der Waals surface area contributed by atoms with Crippen molar-refractivity contribution in [2.24, 2.45) is 0 Å². The number of allylic oxidation sites excluding steroid dienone is 14. The van der Waals surface area contributed by atoms with Crippen molar-refractivity contribution in [3.05, 3.63) is 259 Å². The van der Waals surface area contributed by atoms with Crippen molar-refractivity contribution in [2.75, 3.05) is 11.4 Å². The van der Waals surface area contributed by atoms with Gasteiger partial charge in [0.25, 0.3) is 0 Å². The lowest BCUT2D eigenvalue weighted by molar-refractivity contribution is 0.960. The molecule has 1 aliphatic heterocycles. The minimum Gasteiger partial charge on any atom is -0.335 e. The number of para-hydroxylation sites is 4. The summed E-state index contributed by atoms with van der Waals surface area (Å²) in [4.78, 5) is 18.1. The maximum absolute atomic E-state index is 5.37. The molecule has 11 rings (SSSR count). The van der Waals surface area contributed by atoms with Crippen LogP contribution >= 0.6 is 22.6 Å². The highest BCUT2D eigenvalue weighted by Gasteiger charge is 2.27. The van der Waals surface area contributed by atoms with Crippen LogP contribution in [-0.4, -0.2) is 30.6 Å². The fourth-order valence-corrected chi connectivity index (χ4v) is 10.1. The average Bonchev–Trinajstić information content (AvgIpc) is 3.98. The van der Waals surface area contributed by atoms with Gasteiger partial charge in [-0.05, 0) is 112 Å². The van der Waals surface area contributed by atoms with E-state index in [9.17, 15) is 0 Å². The van der Waals surface area contributed by atoms with E-state index in [0.29, 0.717) is 24.0 Å². The Morgan fingerprint density at radius 2 is 1.37 bits per heavy atom. The molecule has 0 unspecified atom stereocenters. The van der Waals surface area contributed by atoms with Crippen LogP contribution in [0, 0.1) is 0 Å². The van der Waals surface area contributed by atoms with Gasteiger partial charge in [-0.1, -0.05) is 194 Å². The van der Waals surface area contributed by atoms with Gasteiger partial charge < -0.3 is 14.0 Å². The van der Waals surface area contributed by atoms with E-state index < -0.39 is 0 Å². The average molecular weight is 1030 g/mol. The molecule has 0 atom stereocenters. The van der Waals surface area contributed by atoms with Gasteiger partial charge in [0.2, 0.25) is 0 Å². The molecular weight excluding hydrogens is 980 g/mol. The van der Waals surface area contributed by atoms with Crippen molar-refractivity contribution in [3.63, 3.8) is 0 Å². The third kappa shape index (κ3) is 8.81. The quantitative estimate of drug-likeness (QED) is 0.0957. The van der Waals surface area contributed by atoms with Gasteiger partial charge >= 0.3 is 0 Å². The van der Waals surface area contributed by atoms with E-state index in [1.807, 2.05) is 28.4 Å². The molecule has 0 fully saturated rings. The number of rotatable bonds is 11. The first-order valence-corrected chi connectivity index (χ1v) is 25.1. The largest absolute Gasteiger partial charge is 0.335 e. The number of halogens is 1. The van der Waals surface area contributed by atoms with Crippen LogP contribution in [0.5, 0.6) is 0 Å². The Bertz CT molecular complexity index is 3790. The van der Waals surface area contributed by atoms with Crippen molar-refractivity contribution in [3.8, 4) is 33.9 Å². The van der Waals surface area contributed by atoms with Crippen molar-refractivity contribution < 1.29 is 0 Å². The van der Waals surface area contributed by atoms with Crippen LogP contribution in [-0.2, 0) is 0 Å². The van der Waals surface area contributed by atoms with E-state index >= 15 is 0 Å². The lowest BCUT2D eigenvalue weighted by atomic mass is 9.98. The highest BCUT2D eigenvalue weighted by molar-refractivity contribution is 14.1. The second kappa shape index (κ2) is 20.3. The van der Waals surface area contributed by atoms with E-state index in [2.05, 4.69) is 250 Å². The summed E-state index contributed by atoms with van der Waals surface area (Å²) in [6.45, 7) is 8.99. The lowest BCUT2D eigenvalue weighted by Crippen LogP contribution is -2.21. The third-order valence-electron chi connectivity index (χ3n) is 13.0. The van der Waals surface area contributed by atoms with E-state index in [-0.39, 0.29) is 0 Å². The van der Waals surface area contributed by atoms with E-state index in [1.54, 1.807) is 6.08 Å². The second-order valence-electron chi connectivity index (χ2n) is 17.3. The summed E-state index contributed by atoms with van der Waals surface area (Å²) in [5.41, 5.74) is 14.7. The summed E-state index contributed by atoms with van der Waals surface area (Å²) in [6.07, 6.45) is 32.5. The smallest absolute Gasteiger partial charge is 0.166 e.